The zero-order valence-corrected chi connectivity index (χ0v) is 14.7. The van der Waals surface area contributed by atoms with Crippen molar-refractivity contribution < 1.29 is 13.5 Å². The fourth-order valence-electron chi connectivity index (χ4n) is 3.48. The minimum absolute atomic E-state index is 0.154. The largest absolute Gasteiger partial charge is 0.378 e. The first kappa shape index (κ1) is 17.0. The number of fused-ring (bicyclic) bond motifs is 1. The molecule has 3 heterocycles. The Kier molecular flexibility index (Phi) is 4.36. The van der Waals surface area contributed by atoms with Crippen molar-refractivity contribution in [3.05, 3.63) is 53.5 Å². The number of hydrogen-bond donors (Lipinski definition) is 0. The van der Waals surface area contributed by atoms with Gasteiger partial charge in [0.1, 0.15) is 22.8 Å². The van der Waals surface area contributed by atoms with E-state index in [4.69, 9.17) is 9.72 Å². The minimum Gasteiger partial charge on any atom is -0.378 e. The van der Waals surface area contributed by atoms with Gasteiger partial charge in [-0.25, -0.2) is 18.7 Å². The fourth-order valence-corrected chi connectivity index (χ4v) is 3.48. The van der Waals surface area contributed by atoms with Crippen LogP contribution in [0.3, 0.4) is 0 Å². The molecule has 0 radical (unpaired) electrons. The van der Waals surface area contributed by atoms with Crippen molar-refractivity contribution in [1.82, 2.24) is 15.0 Å². The summed E-state index contributed by atoms with van der Waals surface area (Å²) in [5.74, 6) is -1.06. The van der Waals surface area contributed by atoms with Gasteiger partial charge in [0.2, 0.25) is 0 Å². The summed E-state index contributed by atoms with van der Waals surface area (Å²) in [6, 6.07) is 5.44. The third-order valence-electron chi connectivity index (χ3n) is 4.76. The van der Waals surface area contributed by atoms with E-state index in [9.17, 15) is 8.78 Å². The van der Waals surface area contributed by atoms with Gasteiger partial charge >= 0.3 is 0 Å². The molecule has 2 atom stereocenters. The average Bonchev–Trinajstić information content (AvgIpc) is 2.60. The lowest BCUT2D eigenvalue weighted by Crippen LogP contribution is -2.22. The molecule has 6 heteroatoms. The van der Waals surface area contributed by atoms with Gasteiger partial charge in [-0.05, 0) is 44.9 Å². The lowest BCUT2D eigenvalue weighted by Gasteiger charge is -2.27. The summed E-state index contributed by atoms with van der Waals surface area (Å²) in [5, 5.41) is 0. The van der Waals surface area contributed by atoms with Crippen LogP contribution in [0.15, 0.2) is 30.5 Å². The lowest BCUT2D eigenvalue weighted by molar-refractivity contribution is 0.0180. The molecule has 0 unspecified atom stereocenters. The molecule has 0 N–H and O–H groups in total. The number of ether oxygens (including phenoxy) is 1. The molecule has 0 spiro atoms. The molecule has 4 nitrogen and oxygen atoms in total. The Labute approximate surface area is 150 Å². The smallest absolute Gasteiger partial charge is 0.135 e. The second kappa shape index (κ2) is 6.68. The normalized spacial score (nSPS) is 20.5. The topological polar surface area (TPSA) is 47.9 Å². The number of hydrogen-bond acceptors (Lipinski definition) is 4. The highest BCUT2D eigenvalue weighted by Crippen LogP contribution is 2.34. The first-order chi connectivity index (χ1) is 12.5. The van der Waals surface area contributed by atoms with E-state index in [0.717, 1.165) is 30.3 Å². The number of nitrogens with zero attached hydrogens (tertiary/aromatic N) is 3. The summed E-state index contributed by atoms with van der Waals surface area (Å²) in [6.07, 6.45) is 3.49. The number of pyridine rings is 1. The summed E-state index contributed by atoms with van der Waals surface area (Å²) in [5.41, 5.74) is 3.46. The Hall–Kier alpha value is -2.47. The van der Waals surface area contributed by atoms with E-state index in [-0.39, 0.29) is 17.6 Å². The molecule has 2 aromatic heterocycles. The number of halogens is 2. The lowest BCUT2D eigenvalue weighted by atomic mass is 9.92. The molecule has 4 rings (SSSR count). The minimum atomic E-state index is -0.654. The van der Waals surface area contributed by atoms with Crippen molar-refractivity contribution in [3.8, 4) is 11.3 Å². The monoisotopic (exact) mass is 355 g/mol. The van der Waals surface area contributed by atoms with Crippen LogP contribution in [0.4, 0.5) is 8.78 Å². The highest BCUT2D eigenvalue weighted by molar-refractivity contribution is 5.89. The standard InChI is InChI=1S/C20H19F2N3O/c1-11-10-23-20-18(24-11)9-17(13-5-6-26-12(2)7-13)25-19(20)15-4-3-14(21)8-16(15)22/h3-4,8-10,12-13H,5-7H2,1-2H3/t12-,13+/m0/s1. The zero-order valence-electron chi connectivity index (χ0n) is 14.7. The summed E-state index contributed by atoms with van der Waals surface area (Å²) in [4.78, 5) is 13.7. The van der Waals surface area contributed by atoms with Crippen LogP contribution in [0.5, 0.6) is 0 Å². The predicted octanol–water partition coefficient (Wildman–Crippen LogP) is 4.56. The SMILES string of the molecule is Cc1cnc2c(-c3ccc(F)cc3F)nc([C@@H]3CCO[C@@H](C)C3)cc2n1. The maximum Gasteiger partial charge on any atom is 0.135 e. The molecule has 26 heavy (non-hydrogen) atoms. The molecule has 134 valence electrons. The van der Waals surface area contributed by atoms with E-state index < -0.39 is 11.6 Å². The van der Waals surface area contributed by atoms with Crippen molar-refractivity contribution in [3.63, 3.8) is 0 Å². The van der Waals surface area contributed by atoms with Crippen molar-refractivity contribution in [2.75, 3.05) is 6.61 Å². The van der Waals surface area contributed by atoms with Gasteiger partial charge in [-0.15, -0.1) is 0 Å². The molecule has 1 aromatic carbocycles. The van der Waals surface area contributed by atoms with E-state index in [1.54, 1.807) is 6.20 Å². The molecular formula is C20H19F2N3O. The third-order valence-corrected chi connectivity index (χ3v) is 4.76. The van der Waals surface area contributed by atoms with Gasteiger partial charge < -0.3 is 4.74 Å². The Morgan fingerprint density at radius 1 is 1.15 bits per heavy atom. The van der Waals surface area contributed by atoms with Gasteiger partial charge in [-0.2, -0.15) is 0 Å². The van der Waals surface area contributed by atoms with Crippen LogP contribution in [0.2, 0.25) is 0 Å². The van der Waals surface area contributed by atoms with E-state index >= 15 is 0 Å². The second-order valence-corrected chi connectivity index (χ2v) is 6.80. The number of aromatic nitrogens is 3. The molecule has 0 aliphatic carbocycles. The Balaban J connectivity index is 1.92. The summed E-state index contributed by atoms with van der Waals surface area (Å²) < 4.78 is 33.4. The summed E-state index contributed by atoms with van der Waals surface area (Å²) in [6.45, 7) is 4.57. The molecule has 1 aliphatic rings. The zero-order chi connectivity index (χ0) is 18.3. The number of rotatable bonds is 2. The van der Waals surface area contributed by atoms with Crippen LogP contribution in [-0.2, 0) is 4.74 Å². The van der Waals surface area contributed by atoms with Gasteiger partial charge in [0.15, 0.2) is 0 Å². The van der Waals surface area contributed by atoms with Crippen LogP contribution in [-0.4, -0.2) is 27.7 Å². The quantitative estimate of drug-likeness (QED) is 0.676. The Morgan fingerprint density at radius 3 is 2.77 bits per heavy atom. The van der Waals surface area contributed by atoms with E-state index in [0.29, 0.717) is 23.3 Å². The van der Waals surface area contributed by atoms with Crippen molar-refractivity contribution in [1.29, 1.82) is 0 Å². The predicted molar refractivity (Wildman–Crippen MR) is 94.8 cm³/mol. The third kappa shape index (κ3) is 3.17. The molecule has 0 saturated carbocycles. The van der Waals surface area contributed by atoms with Crippen LogP contribution in [0.1, 0.15) is 37.1 Å². The maximum atomic E-state index is 14.4. The molecule has 1 fully saturated rings. The summed E-state index contributed by atoms with van der Waals surface area (Å²) >= 11 is 0. The number of aryl methyl sites for hydroxylation is 1. The first-order valence-electron chi connectivity index (χ1n) is 8.72. The summed E-state index contributed by atoms with van der Waals surface area (Å²) in [7, 11) is 0. The Morgan fingerprint density at radius 2 is 2.00 bits per heavy atom. The maximum absolute atomic E-state index is 14.4. The van der Waals surface area contributed by atoms with E-state index in [2.05, 4.69) is 9.97 Å². The van der Waals surface area contributed by atoms with Crippen LogP contribution in [0.25, 0.3) is 22.3 Å². The van der Waals surface area contributed by atoms with Crippen molar-refractivity contribution >= 4 is 11.0 Å². The van der Waals surface area contributed by atoms with Gasteiger partial charge in [0.25, 0.3) is 0 Å². The van der Waals surface area contributed by atoms with E-state index in [1.807, 2.05) is 19.9 Å². The average molecular weight is 355 g/mol. The fraction of sp³-hybridized carbons (Fsp3) is 0.350. The molecule has 0 amide bonds. The van der Waals surface area contributed by atoms with Crippen LogP contribution in [0, 0.1) is 18.6 Å². The molecular weight excluding hydrogens is 336 g/mol. The molecule has 1 saturated heterocycles. The van der Waals surface area contributed by atoms with Gasteiger partial charge in [-0.1, -0.05) is 0 Å². The Bertz CT molecular complexity index is 977. The second-order valence-electron chi connectivity index (χ2n) is 6.80. The van der Waals surface area contributed by atoms with Gasteiger partial charge in [0.05, 0.1) is 17.3 Å². The number of benzene rings is 1. The van der Waals surface area contributed by atoms with Crippen molar-refractivity contribution in [2.24, 2.45) is 0 Å². The van der Waals surface area contributed by atoms with Gasteiger partial charge in [0, 0.05) is 36.0 Å². The highest BCUT2D eigenvalue weighted by Gasteiger charge is 2.24. The first-order valence-corrected chi connectivity index (χ1v) is 8.72. The van der Waals surface area contributed by atoms with Crippen LogP contribution < -0.4 is 0 Å². The molecule has 3 aromatic rings. The van der Waals surface area contributed by atoms with Crippen LogP contribution >= 0.6 is 0 Å². The van der Waals surface area contributed by atoms with E-state index in [1.165, 1.54) is 12.1 Å². The molecule has 1 aliphatic heterocycles. The van der Waals surface area contributed by atoms with Gasteiger partial charge in [-0.3, -0.25) is 4.98 Å². The van der Waals surface area contributed by atoms with Crippen molar-refractivity contribution in [2.45, 2.75) is 38.7 Å². The highest BCUT2D eigenvalue weighted by atomic mass is 19.1. The molecule has 0 bridgehead atoms.